The van der Waals surface area contributed by atoms with Crippen LogP contribution in [0.2, 0.25) is 0 Å². The standard InChI is InChI=1S/C21H28N6.C8H6F2O/c1-15-6-8-17(22-5)12-16(15)7-9-18-13-20(27(26-18)21(2,3)4)25-19-14-23-10-11-24-19;9-8(10)7-3-1-2-6(4-7)5-11/h6,8,10-14,22H,7,9H2,1-5H3,(H,24,25);1-5,8H. The molecule has 2 aromatic carbocycles. The zero-order valence-corrected chi connectivity index (χ0v) is 22.4. The molecule has 0 spiro atoms. The van der Waals surface area contributed by atoms with Crippen LogP contribution in [0.5, 0.6) is 0 Å². The Hall–Kier alpha value is -4.14. The van der Waals surface area contributed by atoms with Crippen molar-refractivity contribution < 1.29 is 13.6 Å². The molecule has 0 saturated heterocycles. The molecule has 0 atom stereocenters. The van der Waals surface area contributed by atoms with E-state index in [4.69, 9.17) is 5.10 Å². The number of nitrogens with zero attached hydrogens (tertiary/aromatic N) is 4. The average Bonchev–Trinajstić information content (AvgIpc) is 3.32. The molecule has 4 aromatic rings. The molecule has 2 heterocycles. The zero-order valence-electron chi connectivity index (χ0n) is 22.4. The van der Waals surface area contributed by atoms with E-state index in [-0.39, 0.29) is 16.7 Å². The van der Waals surface area contributed by atoms with Gasteiger partial charge in [0, 0.05) is 42.3 Å². The Morgan fingerprint density at radius 2 is 1.84 bits per heavy atom. The van der Waals surface area contributed by atoms with Crippen molar-refractivity contribution in [2.45, 2.75) is 52.5 Å². The summed E-state index contributed by atoms with van der Waals surface area (Å²) in [5.41, 5.74) is 4.88. The minimum atomic E-state index is -2.50. The minimum absolute atomic E-state index is 0.116. The molecule has 38 heavy (non-hydrogen) atoms. The molecule has 0 radical (unpaired) electrons. The van der Waals surface area contributed by atoms with Gasteiger partial charge in [0.2, 0.25) is 0 Å². The molecule has 0 unspecified atom stereocenters. The van der Waals surface area contributed by atoms with Gasteiger partial charge < -0.3 is 10.6 Å². The van der Waals surface area contributed by atoms with Gasteiger partial charge in [-0.1, -0.05) is 24.3 Å². The van der Waals surface area contributed by atoms with Gasteiger partial charge in [-0.3, -0.25) is 9.78 Å². The molecule has 0 aliphatic rings. The summed E-state index contributed by atoms with van der Waals surface area (Å²) in [6.07, 6.45) is 4.94. The molecule has 0 aliphatic carbocycles. The SMILES string of the molecule is CNc1ccc(C)c(CCc2cc(Nc3cnccn3)n(C(C)(C)C)n2)c1.O=Cc1cccc(C(F)F)c1. The number of carbonyl (C=O) groups excluding carboxylic acids is 1. The summed E-state index contributed by atoms with van der Waals surface area (Å²) in [4.78, 5) is 18.6. The Labute approximate surface area is 222 Å². The lowest BCUT2D eigenvalue weighted by Crippen LogP contribution is -2.24. The first-order valence-electron chi connectivity index (χ1n) is 12.3. The van der Waals surface area contributed by atoms with Crippen LogP contribution < -0.4 is 10.6 Å². The molecule has 2 N–H and O–H groups in total. The molecular formula is C29H34F2N6O. The summed E-state index contributed by atoms with van der Waals surface area (Å²) in [7, 11) is 1.95. The van der Waals surface area contributed by atoms with Gasteiger partial charge in [0.25, 0.3) is 6.43 Å². The van der Waals surface area contributed by atoms with Gasteiger partial charge in [0.1, 0.15) is 17.9 Å². The molecule has 0 fully saturated rings. The second kappa shape index (κ2) is 12.9. The maximum atomic E-state index is 12.0. The van der Waals surface area contributed by atoms with Crippen LogP contribution in [0.4, 0.5) is 26.1 Å². The number of nitrogens with one attached hydrogen (secondary N) is 2. The quantitative estimate of drug-likeness (QED) is 0.250. The number of aromatic nitrogens is 4. The summed E-state index contributed by atoms with van der Waals surface area (Å²) in [5.74, 6) is 1.64. The maximum absolute atomic E-state index is 12.0. The number of aldehydes is 1. The summed E-state index contributed by atoms with van der Waals surface area (Å²) >= 11 is 0. The molecule has 9 heteroatoms. The largest absolute Gasteiger partial charge is 0.388 e. The third kappa shape index (κ3) is 7.93. The molecule has 200 valence electrons. The molecule has 7 nitrogen and oxygen atoms in total. The van der Waals surface area contributed by atoms with Gasteiger partial charge in [0.15, 0.2) is 0 Å². The molecule has 2 aromatic heterocycles. The number of rotatable bonds is 8. The third-order valence-corrected chi connectivity index (χ3v) is 5.80. The number of anilines is 3. The van der Waals surface area contributed by atoms with Crippen molar-refractivity contribution in [3.63, 3.8) is 0 Å². The Bertz CT molecular complexity index is 1330. The fourth-order valence-electron chi connectivity index (χ4n) is 3.77. The molecular weight excluding hydrogens is 486 g/mol. The first-order valence-corrected chi connectivity index (χ1v) is 12.3. The van der Waals surface area contributed by atoms with Crippen LogP contribution in [-0.2, 0) is 18.4 Å². The van der Waals surface area contributed by atoms with Gasteiger partial charge >= 0.3 is 0 Å². The lowest BCUT2D eigenvalue weighted by atomic mass is 10.0. The van der Waals surface area contributed by atoms with Crippen molar-refractivity contribution in [1.82, 2.24) is 19.7 Å². The van der Waals surface area contributed by atoms with E-state index in [2.05, 4.69) is 72.6 Å². The minimum Gasteiger partial charge on any atom is -0.388 e. The lowest BCUT2D eigenvalue weighted by Gasteiger charge is -2.22. The van der Waals surface area contributed by atoms with Crippen LogP contribution in [0.1, 0.15) is 59.9 Å². The van der Waals surface area contributed by atoms with Crippen LogP contribution in [-0.4, -0.2) is 33.1 Å². The van der Waals surface area contributed by atoms with Gasteiger partial charge in [-0.2, -0.15) is 5.10 Å². The second-order valence-corrected chi connectivity index (χ2v) is 9.80. The summed E-state index contributed by atoms with van der Waals surface area (Å²) in [6, 6.07) is 14.0. The zero-order chi connectivity index (χ0) is 27.7. The first-order chi connectivity index (χ1) is 18.1. The van der Waals surface area contributed by atoms with E-state index in [1.54, 1.807) is 18.6 Å². The van der Waals surface area contributed by atoms with Crippen molar-refractivity contribution in [1.29, 1.82) is 0 Å². The predicted molar refractivity (Wildman–Crippen MR) is 147 cm³/mol. The summed E-state index contributed by atoms with van der Waals surface area (Å²) in [5, 5.41) is 11.4. The van der Waals surface area contributed by atoms with Gasteiger partial charge in [-0.15, -0.1) is 0 Å². The van der Waals surface area contributed by atoms with Crippen molar-refractivity contribution in [2.75, 3.05) is 17.7 Å². The first kappa shape index (κ1) is 28.4. The average molecular weight is 521 g/mol. The van der Waals surface area contributed by atoms with Gasteiger partial charge in [0.05, 0.1) is 17.4 Å². The van der Waals surface area contributed by atoms with Gasteiger partial charge in [-0.05, 0) is 69.9 Å². The van der Waals surface area contributed by atoms with Crippen molar-refractivity contribution in [3.8, 4) is 0 Å². The lowest BCUT2D eigenvalue weighted by molar-refractivity contribution is 0.112. The van der Waals surface area contributed by atoms with Crippen LogP contribution >= 0.6 is 0 Å². The van der Waals surface area contributed by atoms with Crippen molar-refractivity contribution in [2.24, 2.45) is 0 Å². The Morgan fingerprint density at radius 1 is 1.05 bits per heavy atom. The Kier molecular flexibility index (Phi) is 9.65. The number of benzene rings is 2. The third-order valence-electron chi connectivity index (χ3n) is 5.80. The predicted octanol–water partition coefficient (Wildman–Crippen LogP) is 6.74. The van der Waals surface area contributed by atoms with E-state index in [1.165, 1.54) is 35.4 Å². The molecule has 0 aliphatic heterocycles. The second-order valence-electron chi connectivity index (χ2n) is 9.80. The van der Waals surface area contributed by atoms with E-state index in [0.717, 1.165) is 30.0 Å². The highest BCUT2D eigenvalue weighted by atomic mass is 19.3. The normalized spacial score (nSPS) is 11.1. The fraction of sp³-hybridized carbons (Fsp3) is 0.310. The maximum Gasteiger partial charge on any atom is 0.263 e. The highest BCUT2D eigenvalue weighted by molar-refractivity contribution is 5.74. The highest BCUT2D eigenvalue weighted by Gasteiger charge is 2.20. The van der Waals surface area contributed by atoms with Crippen LogP contribution in [0.3, 0.4) is 0 Å². The van der Waals surface area contributed by atoms with E-state index in [1.807, 2.05) is 11.7 Å². The van der Waals surface area contributed by atoms with Crippen LogP contribution in [0.15, 0.2) is 67.1 Å². The molecule has 0 amide bonds. The van der Waals surface area contributed by atoms with E-state index in [9.17, 15) is 13.6 Å². The number of hydrogen-bond acceptors (Lipinski definition) is 6. The number of halogens is 2. The number of hydrogen-bond donors (Lipinski definition) is 2. The Morgan fingerprint density at radius 3 is 2.47 bits per heavy atom. The van der Waals surface area contributed by atoms with Crippen LogP contribution in [0, 0.1) is 6.92 Å². The summed E-state index contributed by atoms with van der Waals surface area (Å²) < 4.78 is 26.0. The number of carbonyl (C=O) groups is 1. The number of aryl methyl sites for hydroxylation is 3. The van der Waals surface area contributed by atoms with E-state index in [0.29, 0.717) is 12.1 Å². The van der Waals surface area contributed by atoms with Crippen molar-refractivity contribution >= 4 is 23.6 Å². The fourth-order valence-corrected chi connectivity index (χ4v) is 3.77. The topological polar surface area (TPSA) is 84.7 Å². The van der Waals surface area contributed by atoms with Gasteiger partial charge in [-0.25, -0.2) is 18.4 Å². The monoisotopic (exact) mass is 520 g/mol. The van der Waals surface area contributed by atoms with Crippen molar-refractivity contribution in [3.05, 3.63) is 95.1 Å². The number of alkyl halides is 2. The van der Waals surface area contributed by atoms with E-state index >= 15 is 0 Å². The summed E-state index contributed by atoms with van der Waals surface area (Å²) in [6.45, 7) is 8.59. The highest BCUT2D eigenvalue weighted by Crippen LogP contribution is 2.25. The van der Waals surface area contributed by atoms with Crippen LogP contribution in [0.25, 0.3) is 0 Å². The molecule has 0 bridgehead atoms. The molecule has 4 rings (SSSR count). The smallest absolute Gasteiger partial charge is 0.263 e. The molecule has 0 saturated carbocycles. The Balaban J connectivity index is 0.000000304. The van der Waals surface area contributed by atoms with E-state index < -0.39 is 6.43 Å².